The summed E-state index contributed by atoms with van der Waals surface area (Å²) in [5, 5.41) is 2.63. The van der Waals surface area contributed by atoms with Gasteiger partial charge in [-0.05, 0) is 23.6 Å². The maximum atomic E-state index is 11.9. The molecule has 0 bridgehead atoms. The Morgan fingerprint density at radius 3 is 2.87 bits per heavy atom. The average Bonchev–Trinajstić information content (AvgIpc) is 3.22. The summed E-state index contributed by atoms with van der Waals surface area (Å²) < 4.78 is 15.6. The van der Waals surface area contributed by atoms with Crippen molar-refractivity contribution in [1.29, 1.82) is 0 Å². The van der Waals surface area contributed by atoms with E-state index < -0.39 is 5.97 Å². The van der Waals surface area contributed by atoms with Crippen LogP contribution in [0.3, 0.4) is 0 Å². The number of hydrogen-bond donors (Lipinski definition) is 0. The lowest BCUT2D eigenvalue weighted by atomic mass is 10.1. The first-order valence-electron chi connectivity index (χ1n) is 6.94. The second kappa shape index (κ2) is 6.66. The van der Waals surface area contributed by atoms with Crippen molar-refractivity contribution in [3.05, 3.63) is 52.4 Å². The second-order valence-corrected chi connectivity index (χ2v) is 5.81. The van der Waals surface area contributed by atoms with Crippen molar-refractivity contribution >= 4 is 34.1 Å². The molecule has 3 rings (SSSR count). The van der Waals surface area contributed by atoms with E-state index in [1.165, 1.54) is 17.6 Å². The van der Waals surface area contributed by atoms with Gasteiger partial charge in [0.25, 0.3) is 0 Å². The number of fused-ring (bicyclic) bond motifs is 1. The number of Topliss-reactive ketones (excluding diaryl/α,β-unsaturated/α-hetero) is 1. The molecule has 0 saturated carbocycles. The number of ketones is 1. The lowest BCUT2D eigenvalue weighted by Gasteiger charge is -2.03. The van der Waals surface area contributed by atoms with Crippen LogP contribution in [0, 0.1) is 0 Å². The molecule has 0 spiro atoms. The fourth-order valence-electron chi connectivity index (χ4n) is 2.19. The molecule has 0 atom stereocenters. The van der Waals surface area contributed by atoms with Crippen molar-refractivity contribution in [2.75, 3.05) is 13.7 Å². The van der Waals surface area contributed by atoms with E-state index in [-0.39, 0.29) is 18.8 Å². The van der Waals surface area contributed by atoms with E-state index in [9.17, 15) is 9.59 Å². The minimum atomic E-state index is -0.464. The van der Waals surface area contributed by atoms with Gasteiger partial charge in [-0.2, -0.15) is 0 Å². The fraction of sp³-hybridized carbons (Fsp3) is 0.176. The van der Waals surface area contributed by atoms with Crippen LogP contribution in [0.4, 0.5) is 0 Å². The highest BCUT2D eigenvalue weighted by molar-refractivity contribution is 7.12. The van der Waals surface area contributed by atoms with Crippen LogP contribution in [0.15, 0.2) is 46.4 Å². The molecule has 23 heavy (non-hydrogen) atoms. The number of carbonyl (C=O) groups is 2. The van der Waals surface area contributed by atoms with Gasteiger partial charge in [-0.1, -0.05) is 6.07 Å². The van der Waals surface area contributed by atoms with Crippen LogP contribution in [-0.2, 0) is 16.0 Å². The largest absolute Gasteiger partial charge is 0.497 e. The molecule has 0 aliphatic rings. The molecule has 0 aliphatic carbocycles. The zero-order valence-corrected chi connectivity index (χ0v) is 13.2. The van der Waals surface area contributed by atoms with Gasteiger partial charge in [0.15, 0.2) is 6.61 Å². The van der Waals surface area contributed by atoms with Crippen molar-refractivity contribution in [2.24, 2.45) is 0 Å². The highest BCUT2D eigenvalue weighted by Gasteiger charge is 2.14. The van der Waals surface area contributed by atoms with E-state index in [2.05, 4.69) is 0 Å². The number of benzene rings is 1. The molecule has 0 fully saturated rings. The summed E-state index contributed by atoms with van der Waals surface area (Å²) in [5.41, 5.74) is 1.36. The van der Waals surface area contributed by atoms with Crippen molar-refractivity contribution < 1.29 is 23.5 Å². The predicted octanol–water partition coefficient (Wildman–Crippen LogP) is 3.47. The Kier molecular flexibility index (Phi) is 4.43. The monoisotopic (exact) mass is 330 g/mol. The molecule has 0 unspecified atom stereocenters. The zero-order chi connectivity index (χ0) is 16.2. The normalized spacial score (nSPS) is 10.7. The van der Waals surface area contributed by atoms with Gasteiger partial charge >= 0.3 is 5.97 Å². The quantitative estimate of drug-likeness (QED) is 0.511. The Bertz CT molecular complexity index is 832. The van der Waals surface area contributed by atoms with Gasteiger partial charge in [-0.25, -0.2) is 0 Å². The van der Waals surface area contributed by atoms with Gasteiger partial charge in [0, 0.05) is 17.0 Å². The summed E-state index contributed by atoms with van der Waals surface area (Å²) in [5.74, 6) is 0.0195. The molecule has 0 aliphatic heterocycles. The first-order valence-corrected chi connectivity index (χ1v) is 7.82. The maximum absolute atomic E-state index is 11.9. The van der Waals surface area contributed by atoms with E-state index in [0.717, 1.165) is 10.9 Å². The third-order valence-corrected chi connectivity index (χ3v) is 4.27. The molecule has 0 saturated heterocycles. The maximum Gasteiger partial charge on any atom is 0.310 e. The Balaban J connectivity index is 1.63. The molecule has 2 aromatic heterocycles. The van der Waals surface area contributed by atoms with Crippen LogP contribution in [0.2, 0.25) is 0 Å². The number of esters is 1. The zero-order valence-electron chi connectivity index (χ0n) is 12.4. The van der Waals surface area contributed by atoms with Gasteiger partial charge < -0.3 is 13.9 Å². The lowest BCUT2D eigenvalue weighted by Crippen LogP contribution is -2.14. The Labute approximate surface area is 136 Å². The lowest BCUT2D eigenvalue weighted by molar-refractivity contribution is -0.141. The van der Waals surface area contributed by atoms with E-state index in [0.29, 0.717) is 16.2 Å². The molecule has 0 amide bonds. The first kappa shape index (κ1) is 15.3. The highest BCUT2D eigenvalue weighted by atomic mass is 32.1. The third kappa shape index (κ3) is 3.43. The summed E-state index contributed by atoms with van der Waals surface area (Å²) in [6, 6.07) is 8.87. The molecule has 1 aromatic carbocycles. The number of furan rings is 1. The number of rotatable bonds is 6. The van der Waals surface area contributed by atoms with Crippen molar-refractivity contribution in [3.8, 4) is 5.75 Å². The highest BCUT2D eigenvalue weighted by Crippen LogP contribution is 2.26. The minimum Gasteiger partial charge on any atom is -0.497 e. The smallest absolute Gasteiger partial charge is 0.310 e. The van der Waals surface area contributed by atoms with Crippen LogP contribution in [0.5, 0.6) is 5.75 Å². The number of ether oxygens (including phenoxy) is 2. The molecule has 2 heterocycles. The topological polar surface area (TPSA) is 65.7 Å². The summed E-state index contributed by atoms with van der Waals surface area (Å²) in [4.78, 5) is 24.3. The number of hydrogen-bond acceptors (Lipinski definition) is 6. The summed E-state index contributed by atoms with van der Waals surface area (Å²) in [6.45, 7) is -0.247. The Hall–Kier alpha value is -2.60. The molecular weight excluding hydrogens is 316 g/mol. The molecule has 0 radical (unpaired) electrons. The Morgan fingerprint density at radius 2 is 2.13 bits per heavy atom. The summed E-state index contributed by atoms with van der Waals surface area (Å²) in [7, 11) is 1.58. The van der Waals surface area contributed by atoms with Crippen LogP contribution in [0.1, 0.15) is 15.2 Å². The van der Waals surface area contributed by atoms with Gasteiger partial charge in [-0.3, -0.25) is 9.59 Å². The molecule has 6 heteroatoms. The van der Waals surface area contributed by atoms with E-state index in [1.807, 2.05) is 6.07 Å². The minimum absolute atomic E-state index is 0.0526. The number of methoxy groups -OCH3 is 1. The number of carbonyl (C=O) groups excluding carboxylic acids is 2. The second-order valence-electron chi connectivity index (χ2n) is 4.86. The molecule has 5 nitrogen and oxygen atoms in total. The molecule has 118 valence electrons. The van der Waals surface area contributed by atoms with Crippen molar-refractivity contribution in [2.45, 2.75) is 6.42 Å². The predicted molar refractivity (Wildman–Crippen MR) is 86.1 cm³/mol. The first-order chi connectivity index (χ1) is 11.2. The van der Waals surface area contributed by atoms with Crippen LogP contribution in [-0.4, -0.2) is 25.5 Å². The van der Waals surface area contributed by atoms with Crippen LogP contribution < -0.4 is 4.74 Å². The molecular formula is C17H14O5S. The van der Waals surface area contributed by atoms with E-state index in [1.54, 1.807) is 36.8 Å². The SMILES string of the molecule is COc1ccc2c(CC(=O)OCC(=O)c3cccs3)coc2c1. The fourth-order valence-corrected chi connectivity index (χ4v) is 2.84. The van der Waals surface area contributed by atoms with Gasteiger partial charge in [-0.15, -0.1) is 11.3 Å². The number of thiophene rings is 1. The Morgan fingerprint density at radius 1 is 1.26 bits per heavy atom. The molecule has 0 N–H and O–H groups in total. The summed E-state index contributed by atoms with van der Waals surface area (Å²) >= 11 is 1.33. The standard InChI is InChI=1S/C17H14O5S/c1-20-12-4-5-13-11(9-21-15(13)8-12)7-17(19)22-10-14(18)16-3-2-6-23-16/h2-6,8-9H,7,10H2,1H3. The summed E-state index contributed by atoms with van der Waals surface area (Å²) in [6.07, 6.45) is 1.57. The van der Waals surface area contributed by atoms with E-state index >= 15 is 0 Å². The van der Waals surface area contributed by atoms with Crippen molar-refractivity contribution in [3.63, 3.8) is 0 Å². The van der Waals surface area contributed by atoms with Gasteiger partial charge in [0.1, 0.15) is 11.3 Å². The average molecular weight is 330 g/mol. The van der Waals surface area contributed by atoms with Gasteiger partial charge in [0.05, 0.1) is 24.7 Å². The van der Waals surface area contributed by atoms with E-state index in [4.69, 9.17) is 13.9 Å². The van der Waals surface area contributed by atoms with Crippen molar-refractivity contribution in [1.82, 2.24) is 0 Å². The van der Waals surface area contributed by atoms with Crippen LogP contribution >= 0.6 is 11.3 Å². The van der Waals surface area contributed by atoms with Gasteiger partial charge in [0.2, 0.25) is 5.78 Å². The molecule has 3 aromatic rings. The van der Waals surface area contributed by atoms with Crippen LogP contribution in [0.25, 0.3) is 11.0 Å². The third-order valence-electron chi connectivity index (χ3n) is 3.36.